The van der Waals surface area contributed by atoms with Crippen LogP contribution >= 0.6 is 0 Å². The fraction of sp³-hybridized carbons (Fsp3) is 0.0769. The molecule has 0 aromatic heterocycles. The molecule has 3 N–H and O–H groups in total. The maximum atomic E-state index is 9.53. The zero-order chi connectivity index (χ0) is 10.8. The summed E-state index contributed by atoms with van der Waals surface area (Å²) in [6, 6.07) is 13.3. The number of para-hydroxylation sites is 1. The molecule has 0 heterocycles. The van der Waals surface area contributed by atoms with Crippen LogP contribution in [-0.2, 0) is 0 Å². The zero-order valence-corrected chi connectivity index (χ0v) is 8.57. The Bertz CT molecular complexity index is 492. The van der Waals surface area contributed by atoms with Gasteiger partial charge < -0.3 is 10.8 Å². The summed E-state index contributed by atoms with van der Waals surface area (Å²) in [5, 5.41) is 9.53. The Kier molecular flexibility index (Phi) is 2.34. The summed E-state index contributed by atoms with van der Waals surface area (Å²) < 4.78 is 0. The van der Waals surface area contributed by atoms with Crippen LogP contribution in [0, 0.1) is 6.92 Å². The molecule has 2 heteroatoms. The zero-order valence-electron chi connectivity index (χ0n) is 8.57. The van der Waals surface area contributed by atoms with Crippen molar-refractivity contribution >= 4 is 5.69 Å². The highest BCUT2D eigenvalue weighted by molar-refractivity contribution is 5.81. The molecule has 0 spiro atoms. The molecular weight excluding hydrogens is 186 g/mol. The van der Waals surface area contributed by atoms with Crippen LogP contribution in [0.25, 0.3) is 11.1 Å². The van der Waals surface area contributed by atoms with E-state index in [4.69, 9.17) is 5.73 Å². The minimum atomic E-state index is 0.135. The predicted octanol–water partition coefficient (Wildman–Crippen LogP) is 2.95. The number of aromatic hydroxyl groups is 1. The summed E-state index contributed by atoms with van der Waals surface area (Å²) in [6.07, 6.45) is 0. The maximum absolute atomic E-state index is 9.53. The lowest BCUT2D eigenvalue weighted by atomic mass is 9.99. The number of phenols is 1. The largest absolute Gasteiger partial charge is 0.506 e. The molecule has 0 atom stereocenters. The molecule has 0 fully saturated rings. The lowest BCUT2D eigenvalue weighted by Gasteiger charge is -2.09. The molecule has 15 heavy (non-hydrogen) atoms. The van der Waals surface area contributed by atoms with Gasteiger partial charge in [-0.25, -0.2) is 0 Å². The third-order valence-electron chi connectivity index (χ3n) is 2.52. The summed E-state index contributed by atoms with van der Waals surface area (Å²) in [7, 11) is 0. The smallest absolute Gasteiger partial charge is 0.139 e. The topological polar surface area (TPSA) is 46.2 Å². The van der Waals surface area contributed by atoms with E-state index >= 15 is 0 Å². The van der Waals surface area contributed by atoms with Gasteiger partial charge in [0.25, 0.3) is 0 Å². The normalized spacial score (nSPS) is 10.2. The number of hydrogen-bond acceptors (Lipinski definition) is 2. The van der Waals surface area contributed by atoms with E-state index in [-0.39, 0.29) is 5.75 Å². The Morgan fingerprint density at radius 1 is 0.933 bits per heavy atom. The number of phenolic OH excluding ortho intramolecular Hbond substituents is 1. The van der Waals surface area contributed by atoms with Gasteiger partial charge in [-0.05, 0) is 24.1 Å². The van der Waals surface area contributed by atoms with E-state index in [0.717, 1.165) is 16.7 Å². The van der Waals surface area contributed by atoms with E-state index < -0.39 is 0 Å². The van der Waals surface area contributed by atoms with Crippen molar-refractivity contribution in [1.82, 2.24) is 0 Å². The second kappa shape index (κ2) is 3.65. The first-order valence-electron chi connectivity index (χ1n) is 4.83. The third kappa shape index (κ3) is 1.66. The van der Waals surface area contributed by atoms with Crippen LogP contribution in [0.4, 0.5) is 5.69 Å². The SMILES string of the molecule is Cc1ccccc1-c1cccc(O)c1N. The van der Waals surface area contributed by atoms with Crippen molar-refractivity contribution in [3.63, 3.8) is 0 Å². The van der Waals surface area contributed by atoms with Crippen LogP contribution in [0.15, 0.2) is 42.5 Å². The molecule has 2 rings (SSSR count). The van der Waals surface area contributed by atoms with Gasteiger partial charge in [-0.15, -0.1) is 0 Å². The predicted molar refractivity (Wildman–Crippen MR) is 62.7 cm³/mol. The number of aryl methyl sites for hydroxylation is 1. The molecule has 0 radical (unpaired) electrons. The minimum absolute atomic E-state index is 0.135. The van der Waals surface area contributed by atoms with E-state index in [9.17, 15) is 5.11 Å². The number of nitrogen functional groups attached to an aromatic ring is 1. The average molecular weight is 199 g/mol. The first kappa shape index (κ1) is 9.59. The lowest BCUT2D eigenvalue weighted by molar-refractivity contribution is 0.478. The van der Waals surface area contributed by atoms with Gasteiger partial charge in [-0.2, -0.15) is 0 Å². The fourth-order valence-electron chi connectivity index (χ4n) is 1.66. The fourth-order valence-corrected chi connectivity index (χ4v) is 1.66. The minimum Gasteiger partial charge on any atom is -0.506 e. The van der Waals surface area contributed by atoms with E-state index in [0.29, 0.717) is 5.69 Å². The van der Waals surface area contributed by atoms with Crippen LogP contribution in [0.2, 0.25) is 0 Å². The van der Waals surface area contributed by atoms with Crippen molar-refractivity contribution in [3.05, 3.63) is 48.0 Å². The number of anilines is 1. The summed E-state index contributed by atoms with van der Waals surface area (Å²) in [5.74, 6) is 0.135. The molecule has 0 unspecified atom stereocenters. The van der Waals surface area contributed by atoms with Crippen molar-refractivity contribution in [1.29, 1.82) is 0 Å². The monoisotopic (exact) mass is 199 g/mol. The first-order chi connectivity index (χ1) is 7.20. The highest BCUT2D eigenvalue weighted by Crippen LogP contribution is 2.33. The standard InChI is InChI=1S/C13H13NO/c1-9-5-2-3-6-10(9)11-7-4-8-12(15)13(11)14/h2-8,15H,14H2,1H3. The van der Waals surface area contributed by atoms with Gasteiger partial charge in [0.2, 0.25) is 0 Å². The Morgan fingerprint density at radius 2 is 1.60 bits per heavy atom. The number of benzene rings is 2. The van der Waals surface area contributed by atoms with Crippen LogP contribution in [0.3, 0.4) is 0 Å². The van der Waals surface area contributed by atoms with Gasteiger partial charge in [-0.1, -0.05) is 36.4 Å². The van der Waals surface area contributed by atoms with Crippen molar-refractivity contribution < 1.29 is 5.11 Å². The van der Waals surface area contributed by atoms with Crippen LogP contribution in [0.1, 0.15) is 5.56 Å². The van der Waals surface area contributed by atoms with Crippen LogP contribution in [-0.4, -0.2) is 5.11 Å². The molecule has 76 valence electrons. The Balaban J connectivity index is 2.65. The lowest BCUT2D eigenvalue weighted by Crippen LogP contribution is -1.91. The molecule has 0 amide bonds. The molecule has 0 bridgehead atoms. The van der Waals surface area contributed by atoms with Gasteiger partial charge in [0.05, 0.1) is 5.69 Å². The van der Waals surface area contributed by atoms with E-state index in [2.05, 4.69) is 0 Å². The van der Waals surface area contributed by atoms with Gasteiger partial charge in [0.15, 0.2) is 0 Å². The molecule has 2 aromatic rings. The maximum Gasteiger partial charge on any atom is 0.139 e. The van der Waals surface area contributed by atoms with E-state index in [1.165, 1.54) is 0 Å². The quantitative estimate of drug-likeness (QED) is 0.548. The van der Waals surface area contributed by atoms with Crippen molar-refractivity contribution in [2.24, 2.45) is 0 Å². The molecule has 0 aliphatic heterocycles. The molecule has 0 saturated carbocycles. The Labute approximate surface area is 89.0 Å². The van der Waals surface area contributed by atoms with Crippen molar-refractivity contribution in [3.8, 4) is 16.9 Å². The Hall–Kier alpha value is -1.96. The second-order valence-corrected chi connectivity index (χ2v) is 3.55. The average Bonchev–Trinajstić information content (AvgIpc) is 2.23. The molecule has 0 aliphatic rings. The molecule has 2 nitrogen and oxygen atoms in total. The first-order valence-corrected chi connectivity index (χ1v) is 4.83. The summed E-state index contributed by atoms with van der Waals surface area (Å²) in [4.78, 5) is 0. The van der Waals surface area contributed by atoms with E-state index in [1.54, 1.807) is 12.1 Å². The molecule has 2 aromatic carbocycles. The van der Waals surface area contributed by atoms with Crippen molar-refractivity contribution in [2.45, 2.75) is 6.92 Å². The summed E-state index contributed by atoms with van der Waals surface area (Å²) in [5.41, 5.74) is 9.36. The number of hydrogen-bond donors (Lipinski definition) is 2. The van der Waals surface area contributed by atoms with E-state index in [1.807, 2.05) is 37.3 Å². The van der Waals surface area contributed by atoms with Gasteiger partial charge in [-0.3, -0.25) is 0 Å². The Morgan fingerprint density at radius 3 is 2.33 bits per heavy atom. The summed E-state index contributed by atoms with van der Waals surface area (Å²) in [6.45, 7) is 2.03. The summed E-state index contributed by atoms with van der Waals surface area (Å²) >= 11 is 0. The van der Waals surface area contributed by atoms with Gasteiger partial charge in [0.1, 0.15) is 5.75 Å². The van der Waals surface area contributed by atoms with Crippen LogP contribution in [0.5, 0.6) is 5.75 Å². The second-order valence-electron chi connectivity index (χ2n) is 3.55. The van der Waals surface area contributed by atoms with Gasteiger partial charge >= 0.3 is 0 Å². The third-order valence-corrected chi connectivity index (χ3v) is 2.52. The molecular formula is C13H13NO. The van der Waals surface area contributed by atoms with Gasteiger partial charge in [0, 0.05) is 5.56 Å². The highest BCUT2D eigenvalue weighted by Gasteiger charge is 2.07. The molecule has 0 saturated heterocycles. The number of rotatable bonds is 1. The highest BCUT2D eigenvalue weighted by atomic mass is 16.3. The number of nitrogens with two attached hydrogens (primary N) is 1. The molecule has 0 aliphatic carbocycles. The van der Waals surface area contributed by atoms with Crippen LogP contribution < -0.4 is 5.73 Å². The van der Waals surface area contributed by atoms with Crippen molar-refractivity contribution in [2.75, 3.05) is 5.73 Å².